The van der Waals surface area contributed by atoms with E-state index < -0.39 is 0 Å². The van der Waals surface area contributed by atoms with Crippen LogP contribution in [0.1, 0.15) is 25.5 Å². The van der Waals surface area contributed by atoms with Gasteiger partial charge in [-0.15, -0.1) is 0 Å². The van der Waals surface area contributed by atoms with E-state index in [1.807, 2.05) is 12.5 Å². The molecule has 1 saturated heterocycles. The second-order valence-corrected chi connectivity index (χ2v) is 5.14. The van der Waals surface area contributed by atoms with Gasteiger partial charge in [0, 0.05) is 31.9 Å². The van der Waals surface area contributed by atoms with Gasteiger partial charge in [-0.1, -0.05) is 0 Å². The van der Waals surface area contributed by atoms with Gasteiger partial charge >= 0.3 is 0 Å². The van der Waals surface area contributed by atoms with Crippen molar-refractivity contribution in [3.05, 3.63) is 18.2 Å². The fourth-order valence-corrected chi connectivity index (χ4v) is 2.68. The van der Waals surface area contributed by atoms with Crippen LogP contribution in [0.15, 0.2) is 12.5 Å². The summed E-state index contributed by atoms with van der Waals surface area (Å²) >= 11 is 0. The molecule has 4 heteroatoms. The number of likely N-dealkylation sites (N-methyl/N-ethyl adjacent to an activating group) is 2. The van der Waals surface area contributed by atoms with Gasteiger partial charge in [0.1, 0.15) is 0 Å². The van der Waals surface area contributed by atoms with Gasteiger partial charge in [0.05, 0.1) is 12.0 Å². The van der Waals surface area contributed by atoms with Crippen LogP contribution in [0.5, 0.6) is 0 Å². The van der Waals surface area contributed by atoms with Crippen LogP contribution in [0.4, 0.5) is 0 Å². The van der Waals surface area contributed by atoms with Gasteiger partial charge in [-0.05, 0) is 40.4 Å². The number of rotatable bonds is 5. The molecule has 1 aromatic rings. The first kappa shape index (κ1) is 12.6. The Balaban J connectivity index is 1.86. The lowest BCUT2D eigenvalue weighted by atomic mass is 10.2. The Bertz CT molecular complexity index is 347. The van der Waals surface area contributed by atoms with Gasteiger partial charge in [-0.3, -0.25) is 4.90 Å². The molecule has 1 aromatic heterocycles. The topological polar surface area (TPSA) is 24.3 Å². The molecule has 0 amide bonds. The molecule has 2 rings (SSSR count). The lowest BCUT2D eigenvalue weighted by Crippen LogP contribution is -2.36. The van der Waals surface area contributed by atoms with Crippen molar-refractivity contribution in [3.63, 3.8) is 0 Å². The Hall–Kier alpha value is -0.870. The molecule has 2 heterocycles. The maximum atomic E-state index is 4.22. The number of imidazole rings is 1. The zero-order valence-corrected chi connectivity index (χ0v) is 11.3. The van der Waals surface area contributed by atoms with Crippen LogP contribution in [-0.4, -0.2) is 52.6 Å². The fourth-order valence-electron chi connectivity index (χ4n) is 2.68. The van der Waals surface area contributed by atoms with Crippen molar-refractivity contribution in [2.45, 2.75) is 38.9 Å². The standard InChI is InChI=1S/C13H24N4/c1-4-17-11-14-8-13(17)10-15(2)9-12-6-5-7-16(12)3/h8,11-12H,4-7,9-10H2,1-3H3/t12-/m0/s1. The van der Waals surface area contributed by atoms with Crippen molar-refractivity contribution >= 4 is 0 Å². The average molecular weight is 236 g/mol. The van der Waals surface area contributed by atoms with Crippen LogP contribution >= 0.6 is 0 Å². The molecule has 0 radical (unpaired) electrons. The van der Waals surface area contributed by atoms with Crippen LogP contribution in [0, 0.1) is 0 Å². The van der Waals surface area contributed by atoms with Crippen LogP contribution in [-0.2, 0) is 13.1 Å². The summed E-state index contributed by atoms with van der Waals surface area (Å²) in [5.41, 5.74) is 1.32. The van der Waals surface area contributed by atoms with Crippen LogP contribution in [0.2, 0.25) is 0 Å². The quantitative estimate of drug-likeness (QED) is 0.773. The second kappa shape index (κ2) is 5.65. The highest BCUT2D eigenvalue weighted by molar-refractivity contribution is 4.98. The van der Waals surface area contributed by atoms with Gasteiger partial charge < -0.3 is 9.47 Å². The molecule has 1 atom stereocenters. The van der Waals surface area contributed by atoms with Crippen molar-refractivity contribution < 1.29 is 0 Å². The number of aryl methyl sites for hydroxylation is 1. The summed E-state index contributed by atoms with van der Waals surface area (Å²) in [6, 6.07) is 0.734. The van der Waals surface area contributed by atoms with E-state index in [0.29, 0.717) is 0 Å². The third-order valence-corrected chi connectivity index (χ3v) is 3.77. The normalized spacial score (nSPS) is 21.5. The molecule has 0 aliphatic carbocycles. The van der Waals surface area contributed by atoms with E-state index in [2.05, 4.69) is 40.4 Å². The summed E-state index contributed by atoms with van der Waals surface area (Å²) in [6.07, 6.45) is 6.60. The van der Waals surface area contributed by atoms with E-state index in [1.165, 1.54) is 25.1 Å². The predicted octanol–water partition coefficient (Wildman–Crippen LogP) is 1.43. The smallest absolute Gasteiger partial charge is 0.0948 e. The predicted molar refractivity (Wildman–Crippen MR) is 69.9 cm³/mol. The maximum Gasteiger partial charge on any atom is 0.0948 e. The summed E-state index contributed by atoms with van der Waals surface area (Å²) in [5, 5.41) is 0. The van der Waals surface area contributed by atoms with Crippen molar-refractivity contribution in [1.82, 2.24) is 19.4 Å². The molecule has 1 aliphatic heterocycles. The Morgan fingerprint density at radius 1 is 1.53 bits per heavy atom. The molecule has 0 spiro atoms. The third-order valence-electron chi connectivity index (χ3n) is 3.77. The van der Waals surface area contributed by atoms with Crippen molar-refractivity contribution in [3.8, 4) is 0 Å². The minimum Gasteiger partial charge on any atom is -0.334 e. The first-order valence-electron chi connectivity index (χ1n) is 6.58. The zero-order valence-electron chi connectivity index (χ0n) is 11.3. The highest BCUT2D eigenvalue weighted by Crippen LogP contribution is 2.16. The summed E-state index contributed by atoms with van der Waals surface area (Å²) in [4.78, 5) is 9.11. The second-order valence-electron chi connectivity index (χ2n) is 5.14. The summed E-state index contributed by atoms with van der Waals surface area (Å²) < 4.78 is 2.22. The van der Waals surface area contributed by atoms with Crippen molar-refractivity contribution in [2.24, 2.45) is 0 Å². The molecular formula is C13H24N4. The van der Waals surface area contributed by atoms with Crippen molar-refractivity contribution in [1.29, 1.82) is 0 Å². The Morgan fingerprint density at radius 3 is 3.00 bits per heavy atom. The minimum atomic E-state index is 0.734. The van der Waals surface area contributed by atoms with E-state index in [4.69, 9.17) is 0 Å². The first-order valence-corrected chi connectivity index (χ1v) is 6.58. The number of aromatic nitrogens is 2. The zero-order chi connectivity index (χ0) is 12.3. The van der Waals surface area contributed by atoms with Gasteiger partial charge in [-0.25, -0.2) is 4.98 Å². The number of hydrogen-bond donors (Lipinski definition) is 0. The molecular weight excluding hydrogens is 212 g/mol. The van der Waals surface area contributed by atoms with E-state index in [0.717, 1.165) is 25.7 Å². The first-order chi connectivity index (χ1) is 8.20. The monoisotopic (exact) mass is 236 g/mol. The number of nitrogens with zero attached hydrogens (tertiary/aromatic N) is 4. The molecule has 0 aromatic carbocycles. The molecule has 96 valence electrons. The van der Waals surface area contributed by atoms with E-state index in [-0.39, 0.29) is 0 Å². The molecule has 0 N–H and O–H groups in total. The van der Waals surface area contributed by atoms with E-state index in [9.17, 15) is 0 Å². The molecule has 1 aliphatic rings. The highest BCUT2D eigenvalue weighted by Gasteiger charge is 2.22. The average Bonchev–Trinajstić information content (AvgIpc) is 2.89. The van der Waals surface area contributed by atoms with Crippen LogP contribution < -0.4 is 0 Å². The molecule has 1 fully saturated rings. The largest absolute Gasteiger partial charge is 0.334 e. The third kappa shape index (κ3) is 3.07. The maximum absolute atomic E-state index is 4.22. The van der Waals surface area contributed by atoms with E-state index >= 15 is 0 Å². The summed E-state index contributed by atoms with van der Waals surface area (Å²) in [7, 11) is 4.45. The molecule has 0 bridgehead atoms. The highest BCUT2D eigenvalue weighted by atomic mass is 15.2. The lowest BCUT2D eigenvalue weighted by Gasteiger charge is -2.25. The molecule has 0 unspecified atom stereocenters. The summed E-state index contributed by atoms with van der Waals surface area (Å²) in [5.74, 6) is 0. The fraction of sp³-hybridized carbons (Fsp3) is 0.769. The van der Waals surface area contributed by atoms with Gasteiger partial charge in [0.2, 0.25) is 0 Å². The number of hydrogen-bond acceptors (Lipinski definition) is 3. The Kier molecular flexibility index (Phi) is 4.18. The van der Waals surface area contributed by atoms with E-state index in [1.54, 1.807) is 0 Å². The van der Waals surface area contributed by atoms with Gasteiger partial charge in [-0.2, -0.15) is 0 Å². The lowest BCUT2D eigenvalue weighted by molar-refractivity contribution is 0.212. The number of likely N-dealkylation sites (tertiary alicyclic amines) is 1. The SMILES string of the molecule is CCn1cncc1CN(C)C[C@@H]1CCCN1C. The van der Waals surface area contributed by atoms with Gasteiger partial charge in [0.25, 0.3) is 0 Å². The Morgan fingerprint density at radius 2 is 2.35 bits per heavy atom. The molecule has 0 saturated carbocycles. The molecule has 4 nitrogen and oxygen atoms in total. The van der Waals surface area contributed by atoms with Crippen LogP contribution in [0.25, 0.3) is 0 Å². The summed E-state index contributed by atoms with van der Waals surface area (Å²) in [6.45, 7) is 6.58. The molecule has 17 heavy (non-hydrogen) atoms. The Labute approximate surface area is 104 Å². The van der Waals surface area contributed by atoms with Crippen molar-refractivity contribution in [2.75, 3.05) is 27.2 Å². The van der Waals surface area contributed by atoms with Gasteiger partial charge in [0.15, 0.2) is 0 Å². The van der Waals surface area contributed by atoms with Crippen LogP contribution in [0.3, 0.4) is 0 Å². The minimum absolute atomic E-state index is 0.734.